The third-order valence-electron chi connectivity index (χ3n) is 10.2. The summed E-state index contributed by atoms with van der Waals surface area (Å²) >= 11 is 0. The summed E-state index contributed by atoms with van der Waals surface area (Å²) in [7, 11) is 3.21. The SMILES string of the molecule is C=Nc1cc(C(N)=O)cc(OC)c1N(C/C=C/Cn1c(NC)nc2cc(C(N)=O)cc(OCC#CCN3CCOCC3)c21)CNC(=O)c1cc(C)nn1CC.CCn1nc(C)cc1C=O. The first kappa shape index (κ1) is 48.5. The molecule has 1 saturated heterocycles. The Morgan fingerprint density at radius 3 is 2.26 bits per heavy atom. The Morgan fingerprint density at radius 1 is 0.954 bits per heavy atom. The average molecular weight is 892 g/mol. The molecule has 1 fully saturated rings. The molecule has 65 heavy (non-hydrogen) atoms. The van der Waals surface area contributed by atoms with Crippen molar-refractivity contribution < 1.29 is 33.4 Å². The predicted molar refractivity (Wildman–Crippen MR) is 249 cm³/mol. The van der Waals surface area contributed by atoms with E-state index in [-0.39, 0.29) is 36.9 Å². The molecule has 6 rings (SSSR count). The highest BCUT2D eigenvalue weighted by Crippen LogP contribution is 2.39. The number of fused-ring (bicyclic) bond motifs is 1. The number of aldehydes is 1. The number of hydrogen-bond acceptors (Lipinski definition) is 14. The van der Waals surface area contributed by atoms with Crippen molar-refractivity contribution in [1.82, 2.24) is 39.3 Å². The summed E-state index contributed by atoms with van der Waals surface area (Å²) in [5.74, 6) is 5.86. The number of aryl methyl sites for hydroxylation is 4. The lowest BCUT2D eigenvalue weighted by molar-refractivity contribution is 0.0443. The lowest BCUT2D eigenvalue weighted by atomic mass is 10.1. The number of carbonyl (C=O) groups is 4. The molecule has 4 heterocycles. The van der Waals surface area contributed by atoms with Gasteiger partial charge in [0.25, 0.3) is 5.91 Å². The lowest BCUT2D eigenvalue weighted by Crippen LogP contribution is -2.39. The minimum Gasteiger partial charge on any atom is -0.494 e. The zero-order chi connectivity index (χ0) is 47.0. The van der Waals surface area contributed by atoms with Gasteiger partial charge in [-0.3, -0.25) is 38.4 Å². The number of ether oxygens (including phenoxy) is 3. The van der Waals surface area contributed by atoms with Crippen molar-refractivity contribution in [2.24, 2.45) is 16.5 Å². The topological polar surface area (TPSA) is 244 Å². The first-order valence-electron chi connectivity index (χ1n) is 21.0. The Kier molecular flexibility index (Phi) is 17.4. The van der Waals surface area contributed by atoms with E-state index in [9.17, 15) is 19.2 Å². The number of anilines is 2. The molecule has 0 saturated carbocycles. The molecule has 0 spiro atoms. The van der Waals surface area contributed by atoms with Crippen LogP contribution in [0.15, 0.2) is 53.5 Å². The summed E-state index contributed by atoms with van der Waals surface area (Å²) in [5.41, 5.74) is 16.4. The standard InChI is InChI=1S/C38H47N11O6.C7H10N2O/c1-6-49-30(19-25(2)45-49)37(52)43-24-47(33-28(41-3)20-26(35(39)50)22-31(33)53-5)12-7-8-13-48-34-29(44-38(48)42-4)21-27(36(40)51)23-32(34)55-16-10-9-11-46-14-17-54-18-15-46;1-3-9-7(5-10)4-6(2)8-9/h7-8,19-23H,3,6,11-18,24H2,1-2,4-5H3,(H2,39,50)(H2,40,51)(H,42,44)(H,43,52);4-5H,3H2,1-2H3/b8-7+;. The van der Waals surface area contributed by atoms with Gasteiger partial charge >= 0.3 is 0 Å². The second-order valence-electron chi connectivity index (χ2n) is 14.6. The number of morpholine rings is 1. The summed E-state index contributed by atoms with van der Waals surface area (Å²) in [6.07, 6.45) is 4.65. The van der Waals surface area contributed by atoms with Crippen LogP contribution in [0.4, 0.5) is 17.3 Å². The number of nitrogens with zero attached hydrogens (tertiary/aromatic N) is 9. The summed E-state index contributed by atoms with van der Waals surface area (Å²) in [5, 5.41) is 14.6. The number of imidazole rings is 1. The second-order valence-corrected chi connectivity index (χ2v) is 14.6. The summed E-state index contributed by atoms with van der Waals surface area (Å²) in [4.78, 5) is 60.9. The van der Waals surface area contributed by atoms with E-state index in [1.54, 1.807) is 40.7 Å². The number of hydrogen-bond donors (Lipinski definition) is 4. The third-order valence-corrected chi connectivity index (χ3v) is 10.2. The summed E-state index contributed by atoms with van der Waals surface area (Å²) in [6, 6.07) is 9.75. The monoisotopic (exact) mass is 891 g/mol. The van der Waals surface area contributed by atoms with E-state index in [4.69, 9.17) is 30.7 Å². The number of allylic oxidation sites excluding steroid dienone is 1. The number of aliphatic imine (C=N–C) groups is 1. The molecule has 20 heteroatoms. The predicted octanol–water partition coefficient (Wildman–Crippen LogP) is 3.33. The molecule has 3 amide bonds. The molecule has 2 aromatic carbocycles. The number of nitrogens with one attached hydrogen (secondary N) is 2. The van der Waals surface area contributed by atoms with Crippen molar-refractivity contribution in [1.29, 1.82) is 0 Å². The Labute approximate surface area is 377 Å². The number of rotatable bonds is 19. The van der Waals surface area contributed by atoms with Crippen molar-refractivity contribution in [3.05, 3.63) is 82.5 Å². The van der Waals surface area contributed by atoms with Crippen LogP contribution in [0.1, 0.15) is 66.9 Å². The molecular formula is C45H57N13O7. The fraction of sp³-hybridized carbons (Fsp3) is 0.378. The highest BCUT2D eigenvalue weighted by atomic mass is 16.5. The smallest absolute Gasteiger partial charge is 0.270 e. The van der Waals surface area contributed by atoms with Crippen LogP contribution >= 0.6 is 0 Å². The van der Waals surface area contributed by atoms with Gasteiger partial charge in [0, 0.05) is 57.4 Å². The molecule has 3 aromatic heterocycles. The van der Waals surface area contributed by atoms with E-state index in [0.717, 1.165) is 37.3 Å². The zero-order valence-corrected chi connectivity index (χ0v) is 37.7. The quantitative estimate of drug-likeness (QED) is 0.0306. The van der Waals surface area contributed by atoms with Crippen LogP contribution in [-0.4, -0.2) is 132 Å². The molecule has 6 N–H and O–H groups in total. The minimum atomic E-state index is -0.656. The van der Waals surface area contributed by atoms with E-state index in [1.165, 1.54) is 19.2 Å². The van der Waals surface area contributed by atoms with Gasteiger partial charge in [0.2, 0.25) is 17.8 Å². The highest BCUT2D eigenvalue weighted by molar-refractivity contribution is 5.99. The Hall–Kier alpha value is -7.50. The molecule has 20 nitrogen and oxygen atoms in total. The van der Waals surface area contributed by atoms with Crippen molar-refractivity contribution >= 4 is 59.1 Å². The fourth-order valence-electron chi connectivity index (χ4n) is 7.03. The van der Waals surface area contributed by atoms with Crippen molar-refractivity contribution in [2.75, 3.05) is 77.0 Å². The number of methoxy groups -OCH3 is 1. The molecule has 1 aliphatic heterocycles. The van der Waals surface area contributed by atoms with Gasteiger partial charge in [0.1, 0.15) is 40.7 Å². The van der Waals surface area contributed by atoms with Gasteiger partial charge in [-0.15, -0.1) is 0 Å². The van der Waals surface area contributed by atoms with Crippen LogP contribution < -0.4 is 36.5 Å². The molecule has 0 unspecified atom stereocenters. The molecule has 0 aliphatic carbocycles. The van der Waals surface area contributed by atoms with E-state index >= 15 is 0 Å². The van der Waals surface area contributed by atoms with Crippen LogP contribution in [0, 0.1) is 25.7 Å². The number of carbonyl (C=O) groups excluding carboxylic acids is 4. The Bertz CT molecular complexity index is 2590. The van der Waals surface area contributed by atoms with E-state index in [1.807, 2.05) is 49.3 Å². The summed E-state index contributed by atoms with van der Waals surface area (Å²) in [6.45, 7) is 16.9. The number of aromatic nitrogens is 6. The first-order chi connectivity index (χ1) is 31.3. The van der Waals surface area contributed by atoms with Gasteiger partial charge in [0.15, 0.2) is 6.29 Å². The van der Waals surface area contributed by atoms with Crippen LogP contribution in [0.2, 0.25) is 0 Å². The molecule has 1 aliphatic rings. The van der Waals surface area contributed by atoms with Gasteiger partial charge in [-0.05, 0) is 70.8 Å². The highest BCUT2D eigenvalue weighted by Gasteiger charge is 2.22. The Balaban J connectivity index is 0.000000699. The van der Waals surface area contributed by atoms with E-state index in [0.29, 0.717) is 84.1 Å². The molecule has 5 aromatic rings. The van der Waals surface area contributed by atoms with Crippen molar-refractivity contribution in [2.45, 2.75) is 47.3 Å². The maximum Gasteiger partial charge on any atom is 0.270 e. The van der Waals surface area contributed by atoms with Crippen molar-refractivity contribution in [3.63, 3.8) is 0 Å². The largest absolute Gasteiger partial charge is 0.494 e. The molecule has 0 radical (unpaired) electrons. The molecular weight excluding hydrogens is 835 g/mol. The van der Waals surface area contributed by atoms with Crippen LogP contribution in [0.25, 0.3) is 11.0 Å². The van der Waals surface area contributed by atoms with Gasteiger partial charge in [0.05, 0.1) is 56.1 Å². The maximum atomic E-state index is 13.4. The average Bonchev–Trinajstić information content (AvgIpc) is 4.01. The molecule has 344 valence electrons. The van der Waals surface area contributed by atoms with E-state index in [2.05, 4.69) is 49.3 Å². The minimum absolute atomic E-state index is 0.0299. The second kappa shape index (κ2) is 23.3. The number of benzene rings is 2. The fourth-order valence-corrected chi connectivity index (χ4v) is 7.03. The van der Waals surface area contributed by atoms with Gasteiger partial charge < -0.3 is 45.8 Å². The first-order valence-corrected chi connectivity index (χ1v) is 21.0. The molecule has 0 atom stereocenters. The normalized spacial score (nSPS) is 12.5. The van der Waals surface area contributed by atoms with Crippen LogP contribution in [0.3, 0.4) is 0 Å². The van der Waals surface area contributed by atoms with Gasteiger partial charge in [-0.25, -0.2) is 4.98 Å². The summed E-state index contributed by atoms with van der Waals surface area (Å²) < 4.78 is 22.4. The van der Waals surface area contributed by atoms with Gasteiger partial charge in [-0.2, -0.15) is 10.2 Å². The number of primary amides is 2. The third kappa shape index (κ3) is 12.4. The van der Waals surface area contributed by atoms with Gasteiger partial charge in [-0.1, -0.05) is 24.0 Å². The lowest BCUT2D eigenvalue weighted by Gasteiger charge is -2.27. The van der Waals surface area contributed by atoms with Crippen LogP contribution in [0.5, 0.6) is 11.5 Å². The maximum absolute atomic E-state index is 13.4. The van der Waals surface area contributed by atoms with Crippen molar-refractivity contribution in [3.8, 4) is 23.3 Å². The molecule has 0 bridgehead atoms. The number of nitrogens with two attached hydrogens (primary N) is 2. The van der Waals surface area contributed by atoms with E-state index < -0.39 is 11.8 Å². The van der Waals surface area contributed by atoms with Crippen LogP contribution in [-0.2, 0) is 24.4 Å². The zero-order valence-electron chi connectivity index (χ0n) is 37.7. The number of amides is 3. The Morgan fingerprint density at radius 2 is 1.63 bits per heavy atom.